The van der Waals surface area contributed by atoms with Crippen molar-refractivity contribution < 1.29 is 35.0 Å². The molecule has 2 rings (SSSR count). The van der Waals surface area contributed by atoms with E-state index in [2.05, 4.69) is 0 Å². The number of aliphatic hydroxyl groups is 5. The molecule has 10 nitrogen and oxygen atoms in total. The van der Waals surface area contributed by atoms with Gasteiger partial charge in [0.05, 0.1) is 12.1 Å². The Morgan fingerprint density at radius 3 is 2.00 bits per heavy atom. The highest BCUT2D eigenvalue weighted by atomic mass is 16.7. The highest BCUT2D eigenvalue weighted by Gasteiger charge is 2.47. The lowest BCUT2D eigenvalue weighted by Crippen LogP contribution is -2.63. The average Bonchev–Trinajstić information content (AvgIpc) is 2.69. The van der Waals surface area contributed by atoms with Crippen molar-refractivity contribution in [3.8, 4) is 0 Å². The van der Waals surface area contributed by atoms with Gasteiger partial charge in [0.25, 0.3) is 0 Å². The lowest BCUT2D eigenvalue weighted by Gasteiger charge is -2.40. The molecule has 9 atom stereocenters. The molecule has 0 aromatic heterocycles. The molecule has 2 fully saturated rings. The van der Waals surface area contributed by atoms with Gasteiger partial charge >= 0.3 is 0 Å². The number of hydrogen-bond acceptors (Lipinski definition) is 10. The molecule has 0 aromatic rings. The SMILES string of the molecule is CCO.NC1CC(N)C(OC2OC(O)C(O)C2N)C(O)C1O. The van der Waals surface area contributed by atoms with E-state index in [-0.39, 0.29) is 13.0 Å². The lowest BCUT2D eigenvalue weighted by atomic mass is 9.84. The molecule has 1 heterocycles. The molecule has 0 radical (unpaired) electrons. The van der Waals surface area contributed by atoms with Gasteiger partial charge in [-0.2, -0.15) is 0 Å². The van der Waals surface area contributed by atoms with Crippen molar-refractivity contribution in [1.29, 1.82) is 0 Å². The predicted molar refractivity (Wildman–Crippen MR) is 75.1 cm³/mol. The van der Waals surface area contributed by atoms with E-state index in [1.807, 2.05) is 0 Å². The molecule has 22 heavy (non-hydrogen) atoms. The maximum atomic E-state index is 9.90. The zero-order valence-corrected chi connectivity index (χ0v) is 12.4. The molecule has 9 unspecified atom stereocenters. The fourth-order valence-electron chi connectivity index (χ4n) is 2.41. The fraction of sp³-hybridized carbons (Fsp3) is 1.00. The topological polar surface area (TPSA) is 198 Å². The summed E-state index contributed by atoms with van der Waals surface area (Å²) in [6, 6.07) is -2.22. The van der Waals surface area contributed by atoms with Gasteiger partial charge < -0.3 is 52.2 Å². The molecular weight excluding hydrogens is 298 g/mol. The van der Waals surface area contributed by atoms with Gasteiger partial charge in [0.15, 0.2) is 12.6 Å². The first kappa shape index (κ1) is 19.6. The summed E-state index contributed by atoms with van der Waals surface area (Å²) in [6.07, 6.45) is -6.99. The van der Waals surface area contributed by atoms with Crippen LogP contribution in [0.4, 0.5) is 0 Å². The molecule has 1 saturated heterocycles. The third-order valence-electron chi connectivity index (χ3n) is 3.66. The molecule has 132 valence electrons. The summed E-state index contributed by atoms with van der Waals surface area (Å²) in [5.41, 5.74) is 17.1. The van der Waals surface area contributed by atoms with Gasteiger partial charge in [-0.05, 0) is 13.3 Å². The van der Waals surface area contributed by atoms with E-state index in [9.17, 15) is 20.4 Å². The first-order valence-corrected chi connectivity index (χ1v) is 7.15. The number of aliphatic hydroxyl groups excluding tert-OH is 5. The van der Waals surface area contributed by atoms with Crippen LogP contribution in [0.25, 0.3) is 0 Å². The van der Waals surface area contributed by atoms with E-state index in [1.54, 1.807) is 6.92 Å². The third-order valence-corrected chi connectivity index (χ3v) is 3.66. The lowest BCUT2D eigenvalue weighted by molar-refractivity contribution is -0.241. The van der Waals surface area contributed by atoms with E-state index in [4.69, 9.17) is 31.8 Å². The molecule has 0 spiro atoms. The number of nitrogens with two attached hydrogens (primary N) is 3. The third kappa shape index (κ3) is 4.32. The Bertz CT molecular complexity index is 338. The zero-order valence-electron chi connectivity index (χ0n) is 12.4. The molecule has 1 saturated carbocycles. The summed E-state index contributed by atoms with van der Waals surface area (Å²) in [5.74, 6) is 0. The predicted octanol–water partition coefficient (Wildman–Crippen LogP) is -4.49. The Balaban J connectivity index is 0.000000745. The van der Waals surface area contributed by atoms with Crippen molar-refractivity contribution in [2.45, 2.75) is 68.5 Å². The van der Waals surface area contributed by atoms with Gasteiger partial charge in [-0.25, -0.2) is 0 Å². The second kappa shape index (κ2) is 8.45. The van der Waals surface area contributed by atoms with Crippen molar-refractivity contribution in [3.05, 3.63) is 0 Å². The minimum atomic E-state index is -1.45. The highest BCUT2D eigenvalue weighted by molar-refractivity contribution is 4.98. The Morgan fingerprint density at radius 2 is 1.55 bits per heavy atom. The maximum Gasteiger partial charge on any atom is 0.185 e. The molecule has 1 aliphatic heterocycles. The van der Waals surface area contributed by atoms with Crippen LogP contribution in [-0.4, -0.2) is 87.3 Å². The summed E-state index contributed by atoms with van der Waals surface area (Å²) < 4.78 is 10.3. The van der Waals surface area contributed by atoms with E-state index < -0.39 is 55.1 Å². The second-order valence-corrected chi connectivity index (χ2v) is 5.42. The van der Waals surface area contributed by atoms with Crippen LogP contribution in [0.1, 0.15) is 13.3 Å². The quantitative estimate of drug-likeness (QED) is 0.245. The fourth-order valence-corrected chi connectivity index (χ4v) is 2.41. The molecule has 11 N–H and O–H groups in total. The molecule has 2 aliphatic rings. The van der Waals surface area contributed by atoms with Crippen molar-refractivity contribution in [1.82, 2.24) is 0 Å². The van der Waals surface area contributed by atoms with Crippen molar-refractivity contribution in [2.75, 3.05) is 6.61 Å². The summed E-state index contributed by atoms with van der Waals surface area (Å²) >= 11 is 0. The first-order chi connectivity index (χ1) is 10.2. The van der Waals surface area contributed by atoms with Crippen molar-refractivity contribution >= 4 is 0 Å². The molecule has 0 amide bonds. The maximum absolute atomic E-state index is 9.90. The summed E-state index contributed by atoms with van der Waals surface area (Å²) in [7, 11) is 0. The van der Waals surface area contributed by atoms with Gasteiger partial charge in [-0.3, -0.25) is 0 Å². The van der Waals surface area contributed by atoms with Gasteiger partial charge in [-0.1, -0.05) is 0 Å². The van der Waals surface area contributed by atoms with Crippen LogP contribution in [0.5, 0.6) is 0 Å². The Kier molecular flexibility index (Phi) is 7.55. The summed E-state index contributed by atoms with van der Waals surface area (Å²) in [4.78, 5) is 0. The van der Waals surface area contributed by atoms with E-state index in [1.165, 1.54) is 0 Å². The van der Waals surface area contributed by atoms with Crippen LogP contribution < -0.4 is 17.2 Å². The first-order valence-electron chi connectivity index (χ1n) is 7.15. The molecule has 0 bridgehead atoms. The normalized spacial score (nSPS) is 48.7. The van der Waals surface area contributed by atoms with E-state index in [0.29, 0.717) is 0 Å². The second-order valence-electron chi connectivity index (χ2n) is 5.42. The monoisotopic (exact) mass is 325 g/mol. The van der Waals surface area contributed by atoms with Gasteiger partial charge in [0.2, 0.25) is 0 Å². The van der Waals surface area contributed by atoms with Crippen LogP contribution in [0.15, 0.2) is 0 Å². The molecule has 10 heteroatoms. The van der Waals surface area contributed by atoms with Crippen LogP contribution in [0.2, 0.25) is 0 Å². The average molecular weight is 325 g/mol. The number of hydrogen-bond donors (Lipinski definition) is 8. The Labute approximate surface area is 128 Å². The largest absolute Gasteiger partial charge is 0.397 e. The zero-order chi connectivity index (χ0) is 17.0. The van der Waals surface area contributed by atoms with Crippen LogP contribution >= 0.6 is 0 Å². The van der Waals surface area contributed by atoms with Crippen LogP contribution in [-0.2, 0) is 9.47 Å². The van der Waals surface area contributed by atoms with Crippen molar-refractivity contribution in [2.24, 2.45) is 17.2 Å². The minimum Gasteiger partial charge on any atom is -0.397 e. The van der Waals surface area contributed by atoms with E-state index in [0.717, 1.165) is 0 Å². The smallest absolute Gasteiger partial charge is 0.185 e. The van der Waals surface area contributed by atoms with Gasteiger partial charge in [0.1, 0.15) is 18.3 Å². The van der Waals surface area contributed by atoms with Crippen LogP contribution in [0, 0.1) is 0 Å². The number of ether oxygens (including phenoxy) is 2. The highest BCUT2D eigenvalue weighted by Crippen LogP contribution is 2.26. The van der Waals surface area contributed by atoms with Crippen molar-refractivity contribution in [3.63, 3.8) is 0 Å². The Hall–Kier alpha value is -0.400. The standard InChI is InChI=1S/C10H21N3O6.C2H6O/c11-2-1-3(12)8(7(16)5(2)14)18-10-4(13)6(15)9(17)19-10;1-2-3/h2-10,14-17H,1,11-13H2;3H,2H2,1H3. The molecular formula is C12H27N3O7. The Morgan fingerprint density at radius 1 is 1.00 bits per heavy atom. The number of rotatable bonds is 2. The molecule has 0 aromatic carbocycles. The van der Waals surface area contributed by atoms with Gasteiger partial charge in [-0.15, -0.1) is 0 Å². The summed E-state index contributed by atoms with van der Waals surface area (Å²) in [5, 5.41) is 45.9. The van der Waals surface area contributed by atoms with Crippen LogP contribution in [0.3, 0.4) is 0 Å². The van der Waals surface area contributed by atoms with E-state index >= 15 is 0 Å². The summed E-state index contributed by atoms with van der Waals surface area (Å²) in [6.45, 7) is 1.93. The minimum absolute atomic E-state index is 0.250. The van der Waals surface area contributed by atoms with Gasteiger partial charge in [0, 0.05) is 18.7 Å². The molecule has 1 aliphatic carbocycles.